The number of thioether (sulfide) groups is 1. The Balaban J connectivity index is 3.30. The molecule has 0 aromatic heterocycles. The summed E-state index contributed by atoms with van der Waals surface area (Å²) in [5, 5.41) is 9.12. The first kappa shape index (κ1) is 13.1. The van der Waals surface area contributed by atoms with Crippen LogP contribution in [0.3, 0.4) is 0 Å². The second-order valence-electron chi connectivity index (χ2n) is 3.79. The SMILES string of the molecule is CSc1cc(C)c(C)c(C(CN)C(=O)O)c1. The van der Waals surface area contributed by atoms with E-state index >= 15 is 0 Å². The highest BCUT2D eigenvalue weighted by molar-refractivity contribution is 7.98. The Morgan fingerprint density at radius 2 is 2.12 bits per heavy atom. The molecule has 1 rings (SSSR count). The molecule has 88 valence electrons. The molecule has 0 bridgehead atoms. The molecule has 0 aliphatic rings. The molecule has 0 amide bonds. The maximum absolute atomic E-state index is 11.1. The van der Waals surface area contributed by atoms with Gasteiger partial charge in [-0.2, -0.15) is 0 Å². The monoisotopic (exact) mass is 239 g/mol. The number of hydrogen-bond acceptors (Lipinski definition) is 3. The highest BCUT2D eigenvalue weighted by Crippen LogP contribution is 2.27. The minimum atomic E-state index is -0.858. The fourth-order valence-corrected chi connectivity index (χ4v) is 2.23. The predicted molar refractivity (Wildman–Crippen MR) is 67.1 cm³/mol. The number of aliphatic carboxylic acids is 1. The lowest BCUT2D eigenvalue weighted by Gasteiger charge is -2.16. The zero-order chi connectivity index (χ0) is 12.3. The van der Waals surface area contributed by atoms with Gasteiger partial charge in [0.2, 0.25) is 0 Å². The molecule has 3 nitrogen and oxygen atoms in total. The van der Waals surface area contributed by atoms with E-state index in [2.05, 4.69) is 6.07 Å². The summed E-state index contributed by atoms with van der Waals surface area (Å²) in [5.74, 6) is -1.46. The van der Waals surface area contributed by atoms with E-state index in [0.29, 0.717) is 0 Å². The van der Waals surface area contributed by atoms with E-state index in [1.165, 1.54) is 0 Å². The van der Waals surface area contributed by atoms with Gasteiger partial charge in [0, 0.05) is 11.4 Å². The van der Waals surface area contributed by atoms with Crippen molar-refractivity contribution in [3.63, 3.8) is 0 Å². The van der Waals surface area contributed by atoms with Crippen LogP contribution in [-0.2, 0) is 4.79 Å². The van der Waals surface area contributed by atoms with E-state index in [1.807, 2.05) is 26.2 Å². The van der Waals surface area contributed by atoms with Crippen molar-refractivity contribution < 1.29 is 9.90 Å². The third kappa shape index (κ3) is 2.57. The third-order valence-corrected chi connectivity index (χ3v) is 3.53. The fourth-order valence-electron chi connectivity index (χ4n) is 1.69. The quantitative estimate of drug-likeness (QED) is 0.790. The predicted octanol–water partition coefficient (Wildman–Crippen LogP) is 2.15. The number of hydrogen-bond donors (Lipinski definition) is 2. The minimum absolute atomic E-state index is 0.132. The van der Waals surface area contributed by atoms with Crippen molar-refractivity contribution in [3.8, 4) is 0 Å². The Morgan fingerprint density at radius 1 is 1.50 bits per heavy atom. The van der Waals surface area contributed by atoms with E-state index < -0.39 is 11.9 Å². The summed E-state index contributed by atoms with van der Waals surface area (Å²) in [6.45, 7) is 4.07. The van der Waals surface area contributed by atoms with Crippen molar-refractivity contribution in [1.29, 1.82) is 0 Å². The van der Waals surface area contributed by atoms with Gasteiger partial charge in [0.15, 0.2) is 0 Å². The molecule has 0 heterocycles. The molecule has 4 heteroatoms. The van der Waals surface area contributed by atoms with Gasteiger partial charge in [-0.1, -0.05) is 0 Å². The van der Waals surface area contributed by atoms with E-state index in [4.69, 9.17) is 10.8 Å². The van der Waals surface area contributed by atoms with Crippen molar-refractivity contribution >= 4 is 17.7 Å². The standard InChI is InChI=1S/C12H17NO2S/c1-7-4-9(16-3)5-10(8(7)2)11(6-13)12(14)15/h4-5,11H,6,13H2,1-3H3,(H,14,15). The molecule has 1 atom stereocenters. The lowest BCUT2D eigenvalue weighted by Crippen LogP contribution is -2.22. The van der Waals surface area contributed by atoms with Gasteiger partial charge in [0.25, 0.3) is 0 Å². The molecule has 0 saturated carbocycles. The summed E-state index contributed by atoms with van der Waals surface area (Å²) in [5.41, 5.74) is 8.50. The van der Waals surface area contributed by atoms with Crippen LogP contribution >= 0.6 is 11.8 Å². The average Bonchev–Trinajstić information content (AvgIpc) is 2.24. The largest absolute Gasteiger partial charge is 0.481 e. The Labute approximate surface area is 100 Å². The molecule has 0 aliphatic carbocycles. The van der Waals surface area contributed by atoms with Gasteiger partial charge in [-0.05, 0) is 48.9 Å². The number of nitrogens with two attached hydrogens (primary N) is 1. The van der Waals surface area contributed by atoms with Gasteiger partial charge in [-0.15, -0.1) is 11.8 Å². The van der Waals surface area contributed by atoms with E-state index in [-0.39, 0.29) is 6.54 Å². The fraction of sp³-hybridized carbons (Fsp3) is 0.417. The Hall–Kier alpha value is -1.00. The second kappa shape index (κ2) is 5.37. The summed E-state index contributed by atoms with van der Waals surface area (Å²) < 4.78 is 0. The molecule has 0 fully saturated rings. The molecule has 0 saturated heterocycles. The van der Waals surface area contributed by atoms with Crippen LogP contribution in [0.4, 0.5) is 0 Å². The van der Waals surface area contributed by atoms with Gasteiger partial charge in [0.1, 0.15) is 0 Å². The van der Waals surface area contributed by atoms with Gasteiger partial charge in [0.05, 0.1) is 5.92 Å². The summed E-state index contributed by atoms with van der Waals surface area (Å²) in [4.78, 5) is 12.2. The minimum Gasteiger partial charge on any atom is -0.481 e. The topological polar surface area (TPSA) is 63.3 Å². The normalized spacial score (nSPS) is 12.5. The highest BCUT2D eigenvalue weighted by Gasteiger charge is 2.21. The molecule has 1 unspecified atom stereocenters. The molecular formula is C12H17NO2S. The molecule has 0 spiro atoms. The van der Waals surface area contributed by atoms with Crippen molar-refractivity contribution in [3.05, 3.63) is 28.8 Å². The van der Waals surface area contributed by atoms with Gasteiger partial charge < -0.3 is 10.8 Å². The summed E-state index contributed by atoms with van der Waals surface area (Å²) in [6, 6.07) is 4.00. The zero-order valence-corrected chi connectivity index (χ0v) is 10.6. The summed E-state index contributed by atoms with van der Waals surface area (Å²) in [6.07, 6.45) is 1.98. The first-order chi connectivity index (χ1) is 7.51. The number of aryl methyl sites for hydroxylation is 1. The first-order valence-electron chi connectivity index (χ1n) is 5.09. The van der Waals surface area contributed by atoms with Crippen LogP contribution in [0.5, 0.6) is 0 Å². The van der Waals surface area contributed by atoms with E-state index in [9.17, 15) is 4.79 Å². The van der Waals surface area contributed by atoms with Crippen molar-refractivity contribution in [2.24, 2.45) is 5.73 Å². The molecule has 1 aromatic rings. The summed E-state index contributed by atoms with van der Waals surface area (Å²) in [7, 11) is 0. The van der Waals surface area contributed by atoms with Crippen LogP contribution in [0.2, 0.25) is 0 Å². The molecule has 16 heavy (non-hydrogen) atoms. The number of carboxylic acids is 1. The van der Waals surface area contributed by atoms with Gasteiger partial charge >= 0.3 is 5.97 Å². The van der Waals surface area contributed by atoms with Crippen molar-refractivity contribution in [1.82, 2.24) is 0 Å². The Morgan fingerprint density at radius 3 is 2.56 bits per heavy atom. The van der Waals surface area contributed by atoms with Crippen molar-refractivity contribution in [2.45, 2.75) is 24.7 Å². The molecule has 1 aromatic carbocycles. The van der Waals surface area contributed by atoms with Crippen molar-refractivity contribution in [2.75, 3.05) is 12.8 Å². The van der Waals surface area contributed by atoms with Crippen LogP contribution in [0.15, 0.2) is 17.0 Å². The summed E-state index contributed by atoms with van der Waals surface area (Å²) >= 11 is 1.61. The van der Waals surface area contributed by atoms with E-state index in [0.717, 1.165) is 21.6 Å². The first-order valence-corrected chi connectivity index (χ1v) is 6.31. The molecule has 0 radical (unpaired) electrons. The number of benzene rings is 1. The maximum atomic E-state index is 11.1. The van der Waals surface area contributed by atoms with Gasteiger partial charge in [-0.3, -0.25) is 4.79 Å². The number of carboxylic acid groups (broad SMARTS) is 1. The molecule has 3 N–H and O–H groups in total. The Kier molecular flexibility index (Phi) is 4.38. The Bertz CT molecular complexity index is 404. The van der Waals surface area contributed by atoms with Crippen LogP contribution in [0, 0.1) is 13.8 Å². The maximum Gasteiger partial charge on any atom is 0.312 e. The highest BCUT2D eigenvalue weighted by atomic mass is 32.2. The van der Waals surface area contributed by atoms with Crippen LogP contribution < -0.4 is 5.73 Å². The van der Waals surface area contributed by atoms with Crippen LogP contribution in [0.25, 0.3) is 0 Å². The van der Waals surface area contributed by atoms with Crippen LogP contribution in [0.1, 0.15) is 22.6 Å². The lowest BCUT2D eigenvalue weighted by molar-refractivity contribution is -0.138. The molecular weight excluding hydrogens is 222 g/mol. The lowest BCUT2D eigenvalue weighted by atomic mass is 9.92. The average molecular weight is 239 g/mol. The van der Waals surface area contributed by atoms with E-state index in [1.54, 1.807) is 11.8 Å². The smallest absolute Gasteiger partial charge is 0.312 e. The number of carbonyl (C=O) groups is 1. The zero-order valence-electron chi connectivity index (χ0n) is 9.78. The van der Waals surface area contributed by atoms with Gasteiger partial charge in [-0.25, -0.2) is 0 Å². The molecule has 0 aliphatic heterocycles. The number of rotatable bonds is 4. The second-order valence-corrected chi connectivity index (χ2v) is 4.66. The third-order valence-electron chi connectivity index (χ3n) is 2.83. The van der Waals surface area contributed by atoms with Crippen LogP contribution in [-0.4, -0.2) is 23.9 Å².